The van der Waals surface area contributed by atoms with Crippen molar-refractivity contribution in [2.24, 2.45) is 5.41 Å². The van der Waals surface area contributed by atoms with Gasteiger partial charge in [-0.05, 0) is 90.0 Å². The molecule has 0 aliphatic rings. The molecule has 0 unspecified atom stereocenters. The number of hydrogen-bond donors (Lipinski definition) is 3. The van der Waals surface area contributed by atoms with Crippen LogP contribution in [0.3, 0.4) is 0 Å². The number of aliphatic hydroxyl groups excluding tert-OH is 3. The molecular formula is C24H48O10. The summed E-state index contributed by atoms with van der Waals surface area (Å²) >= 11 is 0. The van der Waals surface area contributed by atoms with Crippen LogP contribution < -0.4 is 0 Å². The van der Waals surface area contributed by atoms with Crippen LogP contribution in [-0.4, -0.2) is 75.6 Å². The maximum Gasteiger partial charge on any atom is 0.142 e. The fourth-order valence-electron chi connectivity index (χ4n) is 0.484. The van der Waals surface area contributed by atoms with E-state index in [-0.39, 0.29) is 34.7 Å². The van der Waals surface area contributed by atoms with Gasteiger partial charge in [0.2, 0.25) is 0 Å². The molecule has 0 bridgehead atoms. The topological polar surface area (TPSA) is 180 Å². The Labute approximate surface area is 205 Å². The summed E-state index contributed by atoms with van der Waals surface area (Å²) in [6.45, 7) is 18.0. The number of carbonyl (C=O) groups excluding carboxylic acids is 7. The minimum Gasteiger partial charge on any atom is -0.395 e. The Bertz CT molecular complexity index is 449. The van der Waals surface area contributed by atoms with Gasteiger partial charge in [0.1, 0.15) is 40.5 Å². The molecule has 0 fully saturated rings. The van der Waals surface area contributed by atoms with E-state index >= 15 is 0 Å². The van der Waals surface area contributed by atoms with Gasteiger partial charge in [0.15, 0.2) is 0 Å². The zero-order chi connectivity index (χ0) is 29.7. The third kappa shape index (κ3) is 153. The predicted molar refractivity (Wildman–Crippen MR) is 133 cm³/mol. The summed E-state index contributed by atoms with van der Waals surface area (Å²) in [5.41, 5.74) is -1.35. The molecular weight excluding hydrogens is 448 g/mol. The van der Waals surface area contributed by atoms with E-state index in [0.717, 1.165) is 0 Å². The van der Waals surface area contributed by atoms with Gasteiger partial charge in [0.05, 0.1) is 25.2 Å². The van der Waals surface area contributed by atoms with Crippen LogP contribution in [0.2, 0.25) is 0 Å². The van der Waals surface area contributed by atoms with Crippen molar-refractivity contribution in [1.82, 2.24) is 0 Å². The zero-order valence-electron chi connectivity index (χ0n) is 23.3. The third-order valence-corrected chi connectivity index (χ3v) is 1.65. The molecule has 10 nitrogen and oxygen atoms in total. The molecule has 0 saturated heterocycles. The smallest absolute Gasteiger partial charge is 0.142 e. The van der Waals surface area contributed by atoms with E-state index in [4.69, 9.17) is 15.3 Å². The predicted octanol–water partition coefficient (Wildman–Crippen LogP) is 2.11. The second-order valence-electron chi connectivity index (χ2n) is 7.76. The number of aliphatic hydroxyl groups is 3. The lowest BCUT2D eigenvalue weighted by Gasteiger charge is -2.23. The summed E-state index contributed by atoms with van der Waals surface area (Å²) in [6, 6.07) is 0. The van der Waals surface area contributed by atoms with E-state index in [1.807, 2.05) is 0 Å². The van der Waals surface area contributed by atoms with E-state index in [1.54, 1.807) is 0 Å². The van der Waals surface area contributed by atoms with Gasteiger partial charge in [-0.15, -0.1) is 0 Å². The molecule has 34 heavy (non-hydrogen) atoms. The van der Waals surface area contributed by atoms with E-state index in [9.17, 15) is 33.6 Å². The van der Waals surface area contributed by atoms with Gasteiger partial charge in [-0.2, -0.15) is 0 Å². The first-order valence-electron chi connectivity index (χ1n) is 10.2. The molecule has 3 N–H and O–H groups in total. The first kappa shape index (κ1) is 48.9. The molecule has 0 saturated carbocycles. The first-order valence-corrected chi connectivity index (χ1v) is 10.2. The van der Waals surface area contributed by atoms with Crippen molar-refractivity contribution in [2.75, 3.05) is 19.8 Å². The van der Waals surface area contributed by atoms with Gasteiger partial charge in [-0.1, -0.05) is 0 Å². The summed E-state index contributed by atoms with van der Waals surface area (Å²) in [6.07, 6.45) is 0. The largest absolute Gasteiger partial charge is 0.395 e. The van der Waals surface area contributed by atoms with Crippen LogP contribution in [0.4, 0.5) is 0 Å². The van der Waals surface area contributed by atoms with Crippen molar-refractivity contribution in [3.8, 4) is 0 Å². The van der Waals surface area contributed by atoms with Crippen molar-refractivity contribution < 1.29 is 48.9 Å². The molecule has 0 radical (unpaired) electrons. The van der Waals surface area contributed by atoms with Gasteiger partial charge < -0.3 is 44.1 Å². The van der Waals surface area contributed by atoms with Crippen molar-refractivity contribution in [2.45, 2.75) is 90.0 Å². The van der Waals surface area contributed by atoms with E-state index in [2.05, 4.69) is 0 Å². The standard InChI is InChI=1S/C6H12O4.6C3H6O/c1-5(10)6(2-7,3-8)4-9;6*1-3(2)4/h7-9H,2-4H2,1H3;6*1-2H3. The number of rotatable bonds is 4. The van der Waals surface area contributed by atoms with Crippen molar-refractivity contribution in [3.05, 3.63) is 0 Å². The lowest BCUT2D eigenvalue weighted by atomic mass is 9.87. The van der Waals surface area contributed by atoms with Gasteiger partial charge in [-0.3, -0.25) is 4.79 Å². The van der Waals surface area contributed by atoms with E-state index < -0.39 is 31.0 Å². The number of carbonyl (C=O) groups is 7. The van der Waals surface area contributed by atoms with Crippen LogP contribution >= 0.6 is 0 Å². The van der Waals surface area contributed by atoms with Crippen LogP contribution in [0.5, 0.6) is 0 Å². The Hall–Kier alpha value is -2.43. The molecule has 0 aromatic heterocycles. The Morgan fingerprint density at radius 2 is 0.471 bits per heavy atom. The van der Waals surface area contributed by atoms with Gasteiger partial charge in [0, 0.05) is 0 Å². The summed E-state index contributed by atoms with van der Waals surface area (Å²) in [5, 5.41) is 25.8. The molecule has 0 aliphatic heterocycles. The van der Waals surface area contributed by atoms with Crippen LogP contribution in [0, 0.1) is 5.41 Å². The van der Waals surface area contributed by atoms with Crippen LogP contribution in [0.15, 0.2) is 0 Å². The SMILES string of the molecule is CC(=O)C(CO)(CO)CO.CC(C)=O.CC(C)=O.CC(C)=O.CC(C)=O.CC(C)=O.CC(C)=O. The molecule has 0 spiro atoms. The fourth-order valence-corrected chi connectivity index (χ4v) is 0.484. The normalized spacial score (nSPS) is 8.00. The number of Topliss-reactive ketones (excluding diaryl/α,β-unsaturated/α-hetero) is 7. The lowest BCUT2D eigenvalue weighted by Crippen LogP contribution is -2.40. The average molecular weight is 497 g/mol. The maximum absolute atomic E-state index is 10.7. The van der Waals surface area contributed by atoms with Gasteiger partial charge >= 0.3 is 0 Å². The molecule has 0 aromatic carbocycles. The summed E-state index contributed by atoms with van der Waals surface area (Å²) in [4.78, 5) is 67.3. The zero-order valence-corrected chi connectivity index (χ0v) is 23.3. The van der Waals surface area contributed by atoms with Crippen LogP contribution in [0.25, 0.3) is 0 Å². The van der Waals surface area contributed by atoms with E-state index in [1.165, 1.54) is 90.0 Å². The summed E-state index contributed by atoms with van der Waals surface area (Å²) in [5.74, 6) is 0.597. The average Bonchev–Trinajstić information content (AvgIpc) is 2.53. The third-order valence-electron chi connectivity index (χ3n) is 1.65. The van der Waals surface area contributed by atoms with Crippen LogP contribution in [-0.2, 0) is 33.6 Å². The van der Waals surface area contributed by atoms with Crippen molar-refractivity contribution >= 4 is 40.5 Å². The quantitative estimate of drug-likeness (QED) is 0.521. The molecule has 0 aliphatic carbocycles. The molecule has 204 valence electrons. The van der Waals surface area contributed by atoms with Crippen molar-refractivity contribution in [1.29, 1.82) is 0 Å². The highest BCUT2D eigenvalue weighted by Gasteiger charge is 2.33. The molecule has 10 heteroatoms. The van der Waals surface area contributed by atoms with Gasteiger partial charge in [0.25, 0.3) is 0 Å². The highest BCUT2D eigenvalue weighted by Crippen LogP contribution is 2.15. The Morgan fingerprint density at radius 1 is 0.382 bits per heavy atom. The lowest BCUT2D eigenvalue weighted by molar-refractivity contribution is -0.135. The minimum atomic E-state index is -1.35. The summed E-state index contributed by atoms with van der Waals surface area (Å²) in [7, 11) is 0. The molecule has 0 atom stereocenters. The molecule has 0 aromatic rings. The minimum absolute atomic E-state index is 0.167. The number of hydrogen-bond acceptors (Lipinski definition) is 10. The van der Waals surface area contributed by atoms with Crippen LogP contribution in [0.1, 0.15) is 90.0 Å². The first-order chi connectivity index (χ1) is 15.0. The second kappa shape index (κ2) is 35.2. The maximum atomic E-state index is 10.7. The number of ketones is 7. The second-order valence-corrected chi connectivity index (χ2v) is 7.76. The Morgan fingerprint density at radius 3 is 0.471 bits per heavy atom. The Kier molecular flexibility index (Phi) is 50.5. The van der Waals surface area contributed by atoms with Gasteiger partial charge in [-0.25, -0.2) is 0 Å². The monoisotopic (exact) mass is 496 g/mol. The fraction of sp³-hybridized carbons (Fsp3) is 0.708. The Balaban J connectivity index is -0.0000000526. The molecule has 0 amide bonds. The van der Waals surface area contributed by atoms with Crippen molar-refractivity contribution in [3.63, 3.8) is 0 Å². The highest BCUT2D eigenvalue weighted by molar-refractivity contribution is 5.82. The summed E-state index contributed by atoms with van der Waals surface area (Å²) < 4.78 is 0. The van der Waals surface area contributed by atoms with E-state index in [0.29, 0.717) is 0 Å². The molecule has 0 heterocycles. The highest BCUT2D eigenvalue weighted by atomic mass is 16.3. The molecule has 0 rings (SSSR count).